The summed E-state index contributed by atoms with van der Waals surface area (Å²) in [6.45, 7) is 8.06. The number of carbonyl (C=O) groups is 1. The van der Waals surface area contributed by atoms with Crippen LogP contribution in [0.5, 0.6) is 0 Å². The minimum atomic E-state index is -0.224. The van der Waals surface area contributed by atoms with Gasteiger partial charge in [0.1, 0.15) is 0 Å². The van der Waals surface area contributed by atoms with E-state index in [9.17, 15) is 4.79 Å². The molecule has 0 aromatic carbocycles. The molecule has 0 unspecified atom stereocenters. The molecular formula is C15H22N6O. The van der Waals surface area contributed by atoms with Crippen LogP contribution in [-0.2, 0) is 0 Å². The Morgan fingerprint density at radius 2 is 2.36 bits per heavy atom. The molecule has 0 spiro atoms. The zero-order valence-corrected chi connectivity index (χ0v) is 13.1. The lowest BCUT2D eigenvalue weighted by atomic mass is 9.98. The largest absolute Gasteiger partial charge is 0.349 e. The zero-order chi connectivity index (χ0) is 15.5. The second kappa shape index (κ2) is 6.39. The second-order valence-corrected chi connectivity index (χ2v) is 5.84. The predicted octanol–water partition coefficient (Wildman–Crippen LogP) is 0.894. The molecule has 2 aromatic heterocycles. The van der Waals surface area contributed by atoms with Gasteiger partial charge >= 0.3 is 0 Å². The Labute approximate surface area is 129 Å². The lowest BCUT2D eigenvalue weighted by molar-refractivity contribution is 0.0923. The average molecular weight is 302 g/mol. The summed E-state index contributed by atoms with van der Waals surface area (Å²) in [6.07, 6.45) is 4.03. The van der Waals surface area contributed by atoms with Gasteiger partial charge < -0.3 is 10.2 Å². The van der Waals surface area contributed by atoms with Crippen molar-refractivity contribution in [1.82, 2.24) is 29.8 Å². The van der Waals surface area contributed by atoms with Crippen LogP contribution in [0.15, 0.2) is 12.3 Å². The van der Waals surface area contributed by atoms with Crippen molar-refractivity contribution >= 4 is 11.7 Å². The summed E-state index contributed by atoms with van der Waals surface area (Å²) in [6, 6.07) is 1.84. The number of rotatable bonds is 4. The molecule has 1 N–H and O–H groups in total. The third kappa shape index (κ3) is 3.09. The van der Waals surface area contributed by atoms with Gasteiger partial charge in [0, 0.05) is 25.0 Å². The molecule has 1 aliphatic heterocycles. The van der Waals surface area contributed by atoms with Crippen molar-refractivity contribution in [1.29, 1.82) is 0 Å². The van der Waals surface area contributed by atoms with Crippen LogP contribution in [0.25, 0.3) is 5.78 Å². The van der Waals surface area contributed by atoms with Crippen LogP contribution < -0.4 is 5.32 Å². The summed E-state index contributed by atoms with van der Waals surface area (Å²) in [7, 11) is 0. The number of amides is 1. The molecule has 7 nitrogen and oxygen atoms in total. The maximum absolute atomic E-state index is 12.2. The quantitative estimate of drug-likeness (QED) is 0.908. The molecule has 1 aliphatic rings. The molecule has 2 aromatic rings. The van der Waals surface area contributed by atoms with E-state index in [4.69, 9.17) is 0 Å². The fourth-order valence-electron chi connectivity index (χ4n) is 2.92. The predicted molar refractivity (Wildman–Crippen MR) is 82.7 cm³/mol. The molecule has 22 heavy (non-hydrogen) atoms. The fraction of sp³-hybridized carbons (Fsp3) is 0.600. The van der Waals surface area contributed by atoms with E-state index < -0.39 is 0 Å². The number of hydrogen-bond donors (Lipinski definition) is 1. The monoisotopic (exact) mass is 302 g/mol. The normalized spacial score (nSPS) is 19.5. The highest BCUT2D eigenvalue weighted by molar-refractivity contribution is 5.90. The number of aromatic nitrogens is 4. The summed E-state index contributed by atoms with van der Waals surface area (Å²) in [4.78, 5) is 23.0. The smallest absolute Gasteiger partial charge is 0.291 e. The summed E-state index contributed by atoms with van der Waals surface area (Å²) >= 11 is 0. The zero-order valence-electron chi connectivity index (χ0n) is 13.1. The third-order valence-corrected chi connectivity index (χ3v) is 4.23. The van der Waals surface area contributed by atoms with E-state index in [-0.39, 0.29) is 11.7 Å². The van der Waals surface area contributed by atoms with Gasteiger partial charge in [0.2, 0.25) is 5.82 Å². The fourth-order valence-corrected chi connectivity index (χ4v) is 2.92. The SMILES string of the molecule is CCN1CCC[C@@H](CNC(=O)c2nc3nccc(C)n3n2)C1. The van der Waals surface area contributed by atoms with Crippen LogP contribution in [-0.4, -0.2) is 56.6 Å². The molecule has 0 saturated carbocycles. The number of piperidine rings is 1. The first kappa shape index (κ1) is 14.9. The Morgan fingerprint density at radius 1 is 1.50 bits per heavy atom. The first-order valence-corrected chi connectivity index (χ1v) is 7.86. The Hall–Kier alpha value is -2.02. The van der Waals surface area contributed by atoms with E-state index >= 15 is 0 Å². The number of aryl methyl sites for hydroxylation is 1. The van der Waals surface area contributed by atoms with Gasteiger partial charge in [0.05, 0.1) is 0 Å². The third-order valence-electron chi connectivity index (χ3n) is 4.23. The van der Waals surface area contributed by atoms with Gasteiger partial charge in [-0.3, -0.25) is 4.79 Å². The van der Waals surface area contributed by atoms with Crippen LogP contribution in [0.1, 0.15) is 36.1 Å². The number of likely N-dealkylation sites (tertiary alicyclic amines) is 1. The Morgan fingerprint density at radius 3 is 3.14 bits per heavy atom. The number of nitrogens with one attached hydrogen (secondary N) is 1. The molecule has 3 heterocycles. The summed E-state index contributed by atoms with van der Waals surface area (Å²) in [5.41, 5.74) is 0.905. The number of hydrogen-bond acceptors (Lipinski definition) is 5. The standard InChI is InChI=1S/C15H22N6O/c1-3-20-8-4-5-12(10-20)9-17-14(22)13-18-15-16-7-6-11(2)21(15)19-13/h6-7,12H,3-5,8-10H2,1-2H3,(H,17,22)/t12-/m0/s1. The van der Waals surface area contributed by atoms with E-state index in [1.165, 1.54) is 13.0 Å². The van der Waals surface area contributed by atoms with E-state index in [0.29, 0.717) is 18.2 Å². The highest BCUT2D eigenvalue weighted by atomic mass is 16.2. The molecule has 1 amide bonds. The van der Waals surface area contributed by atoms with Crippen molar-refractivity contribution in [3.05, 3.63) is 23.8 Å². The van der Waals surface area contributed by atoms with Crippen molar-refractivity contribution in [2.24, 2.45) is 5.92 Å². The second-order valence-electron chi connectivity index (χ2n) is 5.84. The number of fused-ring (bicyclic) bond motifs is 1. The Balaban J connectivity index is 1.62. The summed E-state index contributed by atoms with van der Waals surface area (Å²) in [5.74, 6) is 0.929. The van der Waals surface area contributed by atoms with Crippen molar-refractivity contribution in [3.8, 4) is 0 Å². The highest BCUT2D eigenvalue weighted by Gasteiger charge is 2.20. The molecule has 0 aliphatic carbocycles. The van der Waals surface area contributed by atoms with Crippen LogP contribution >= 0.6 is 0 Å². The highest BCUT2D eigenvalue weighted by Crippen LogP contribution is 2.15. The summed E-state index contributed by atoms with van der Waals surface area (Å²) < 4.78 is 1.59. The molecule has 1 fully saturated rings. The van der Waals surface area contributed by atoms with Crippen molar-refractivity contribution < 1.29 is 4.79 Å². The van der Waals surface area contributed by atoms with Gasteiger partial charge in [0.25, 0.3) is 11.7 Å². The van der Waals surface area contributed by atoms with Gasteiger partial charge in [-0.1, -0.05) is 6.92 Å². The van der Waals surface area contributed by atoms with E-state index in [2.05, 4.69) is 32.2 Å². The van der Waals surface area contributed by atoms with E-state index in [1.54, 1.807) is 10.7 Å². The molecule has 1 atom stereocenters. The number of nitrogens with zero attached hydrogens (tertiary/aromatic N) is 5. The minimum Gasteiger partial charge on any atom is -0.349 e. The van der Waals surface area contributed by atoms with Crippen LogP contribution in [0, 0.1) is 12.8 Å². The van der Waals surface area contributed by atoms with Gasteiger partial charge in [0.15, 0.2) is 0 Å². The minimum absolute atomic E-state index is 0.185. The molecule has 3 rings (SSSR count). The van der Waals surface area contributed by atoms with Gasteiger partial charge in [-0.2, -0.15) is 4.98 Å². The lowest BCUT2D eigenvalue weighted by Crippen LogP contribution is -2.40. The van der Waals surface area contributed by atoms with Gasteiger partial charge in [-0.15, -0.1) is 5.10 Å². The first-order chi connectivity index (χ1) is 10.7. The Bertz CT molecular complexity index is 667. The van der Waals surface area contributed by atoms with Crippen molar-refractivity contribution in [3.63, 3.8) is 0 Å². The maximum atomic E-state index is 12.2. The summed E-state index contributed by atoms with van der Waals surface area (Å²) in [5, 5.41) is 7.19. The van der Waals surface area contributed by atoms with Crippen molar-refractivity contribution in [2.45, 2.75) is 26.7 Å². The van der Waals surface area contributed by atoms with Gasteiger partial charge in [-0.25, -0.2) is 9.50 Å². The topological polar surface area (TPSA) is 75.4 Å². The van der Waals surface area contributed by atoms with Gasteiger partial charge in [-0.05, 0) is 44.8 Å². The first-order valence-electron chi connectivity index (χ1n) is 7.86. The average Bonchev–Trinajstić information content (AvgIpc) is 2.98. The van der Waals surface area contributed by atoms with Crippen molar-refractivity contribution in [2.75, 3.05) is 26.2 Å². The Kier molecular flexibility index (Phi) is 4.33. The lowest BCUT2D eigenvalue weighted by Gasteiger charge is -2.31. The maximum Gasteiger partial charge on any atom is 0.291 e. The molecule has 0 radical (unpaired) electrons. The molecule has 1 saturated heterocycles. The van der Waals surface area contributed by atoms with Crippen LogP contribution in [0.3, 0.4) is 0 Å². The molecule has 0 bridgehead atoms. The van der Waals surface area contributed by atoms with Crippen LogP contribution in [0.4, 0.5) is 0 Å². The molecule has 118 valence electrons. The van der Waals surface area contributed by atoms with E-state index in [1.807, 2.05) is 13.0 Å². The van der Waals surface area contributed by atoms with E-state index in [0.717, 1.165) is 25.2 Å². The molecule has 7 heteroatoms. The number of carbonyl (C=O) groups excluding carboxylic acids is 1. The molecular weight excluding hydrogens is 280 g/mol. The van der Waals surface area contributed by atoms with Crippen LogP contribution in [0.2, 0.25) is 0 Å².